The van der Waals surface area contributed by atoms with Gasteiger partial charge in [0, 0.05) is 29.9 Å². The van der Waals surface area contributed by atoms with Gasteiger partial charge in [0.1, 0.15) is 0 Å². The molecule has 150 valence electrons. The number of fused-ring (bicyclic) bond motifs is 1. The number of nitrogens with one attached hydrogen (secondary N) is 2. The van der Waals surface area contributed by atoms with Gasteiger partial charge in [0.15, 0.2) is 5.69 Å². The number of amides is 2. The lowest BCUT2D eigenvalue weighted by Gasteiger charge is -2.35. The molecule has 3 rings (SSSR count). The molecule has 0 spiro atoms. The summed E-state index contributed by atoms with van der Waals surface area (Å²) in [7, 11) is 0. The lowest BCUT2D eigenvalue weighted by atomic mass is 9.86. The summed E-state index contributed by atoms with van der Waals surface area (Å²) in [5.41, 5.74) is -0.486. The lowest BCUT2D eigenvalue weighted by Crippen LogP contribution is -2.52. The Morgan fingerprint density at radius 1 is 1.29 bits per heavy atom. The fraction of sp³-hybridized carbons (Fsp3) is 0.524. The van der Waals surface area contributed by atoms with Crippen LogP contribution < -0.4 is 10.9 Å². The van der Waals surface area contributed by atoms with Gasteiger partial charge in [-0.15, -0.1) is 0 Å². The number of H-pyrrole nitrogens is 1. The molecule has 0 radical (unpaired) electrons. The smallest absolute Gasteiger partial charge is 0.275 e. The highest BCUT2D eigenvalue weighted by Gasteiger charge is 2.32. The number of rotatable bonds is 5. The second-order valence-electron chi connectivity index (χ2n) is 8.14. The Morgan fingerprint density at radius 2 is 2.00 bits per heavy atom. The summed E-state index contributed by atoms with van der Waals surface area (Å²) < 4.78 is 0. The molecule has 1 atom stereocenters. The number of carbonyl (C=O) groups excluding carboxylic acids is 2. The Bertz CT molecular complexity index is 935. The molecule has 7 nitrogen and oxygen atoms in total. The Balaban J connectivity index is 1.76. The summed E-state index contributed by atoms with van der Waals surface area (Å²) in [4.78, 5) is 39.4. The van der Waals surface area contributed by atoms with Crippen molar-refractivity contribution >= 4 is 22.6 Å². The summed E-state index contributed by atoms with van der Waals surface area (Å²) in [6, 6.07) is 6.89. The third-order valence-electron chi connectivity index (χ3n) is 5.43. The topological polar surface area (TPSA) is 95.2 Å². The van der Waals surface area contributed by atoms with Gasteiger partial charge in [-0.05, 0) is 25.3 Å². The summed E-state index contributed by atoms with van der Waals surface area (Å²) in [6.45, 7) is 7.03. The van der Waals surface area contributed by atoms with E-state index < -0.39 is 5.41 Å². The van der Waals surface area contributed by atoms with Crippen LogP contribution in [0.4, 0.5) is 0 Å². The van der Waals surface area contributed by atoms with Gasteiger partial charge >= 0.3 is 0 Å². The van der Waals surface area contributed by atoms with Crippen LogP contribution in [0.25, 0.3) is 10.8 Å². The van der Waals surface area contributed by atoms with Crippen molar-refractivity contribution in [3.05, 3.63) is 40.3 Å². The van der Waals surface area contributed by atoms with Gasteiger partial charge in [0.2, 0.25) is 5.91 Å². The van der Waals surface area contributed by atoms with Gasteiger partial charge in [-0.3, -0.25) is 14.4 Å². The Morgan fingerprint density at radius 3 is 2.71 bits per heavy atom. The summed E-state index contributed by atoms with van der Waals surface area (Å²) in [6.07, 6.45) is 3.42. The molecule has 2 N–H and O–H groups in total. The molecular formula is C21H28N4O3. The first kappa shape index (κ1) is 20.0. The van der Waals surface area contributed by atoms with Crippen LogP contribution >= 0.6 is 0 Å². The second-order valence-corrected chi connectivity index (χ2v) is 8.14. The molecule has 1 aliphatic rings. The van der Waals surface area contributed by atoms with Crippen LogP contribution in [0.3, 0.4) is 0 Å². The van der Waals surface area contributed by atoms with Crippen LogP contribution in [0, 0.1) is 5.41 Å². The number of hydrogen-bond acceptors (Lipinski definition) is 4. The maximum atomic E-state index is 13.1. The number of hydrogen-bond donors (Lipinski definition) is 2. The van der Waals surface area contributed by atoms with Gasteiger partial charge in [-0.1, -0.05) is 45.4 Å². The van der Waals surface area contributed by atoms with Crippen LogP contribution in [-0.4, -0.2) is 46.0 Å². The monoisotopic (exact) mass is 384 g/mol. The van der Waals surface area contributed by atoms with E-state index >= 15 is 0 Å². The molecule has 0 bridgehead atoms. The van der Waals surface area contributed by atoms with Crippen molar-refractivity contribution in [1.82, 2.24) is 20.4 Å². The fourth-order valence-corrected chi connectivity index (χ4v) is 3.83. The van der Waals surface area contributed by atoms with E-state index in [1.807, 2.05) is 13.8 Å². The second kappa shape index (κ2) is 8.12. The van der Waals surface area contributed by atoms with Gasteiger partial charge in [0.05, 0.1) is 5.39 Å². The van der Waals surface area contributed by atoms with E-state index in [4.69, 9.17) is 0 Å². The van der Waals surface area contributed by atoms with E-state index in [0.717, 1.165) is 25.7 Å². The minimum Gasteiger partial charge on any atom is -0.351 e. The van der Waals surface area contributed by atoms with Crippen molar-refractivity contribution in [1.29, 1.82) is 0 Å². The third kappa shape index (κ3) is 4.08. The van der Waals surface area contributed by atoms with Crippen molar-refractivity contribution in [3.63, 3.8) is 0 Å². The molecule has 0 saturated carbocycles. The number of nitrogens with zero attached hydrogens (tertiary/aromatic N) is 2. The average molecular weight is 384 g/mol. The summed E-state index contributed by atoms with van der Waals surface area (Å²) in [5.74, 6) is -0.194. The number of aromatic amines is 1. The van der Waals surface area contributed by atoms with E-state index in [0.29, 0.717) is 23.9 Å². The minimum absolute atomic E-state index is 0.0289. The van der Waals surface area contributed by atoms with Crippen LogP contribution in [0.2, 0.25) is 0 Å². The quantitative estimate of drug-likeness (QED) is 0.828. The number of benzene rings is 1. The maximum absolute atomic E-state index is 13.1. The molecule has 28 heavy (non-hydrogen) atoms. The standard InChI is InChI=1S/C21H28N4O3/c1-4-11-21(2,3)20(28)22-14-8-7-12-25(13-14)19(27)17-15-9-5-6-10-16(15)18(26)24-23-17/h5-6,9-10,14H,4,7-8,11-13H2,1-3H3,(H,22,28)(H,24,26)/t14-/m0/s1. The van der Waals surface area contributed by atoms with E-state index in [1.54, 1.807) is 29.2 Å². The predicted molar refractivity (Wildman–Crippen MR) is 108 cm³/mol. The Hall–Kier alpha value is -2.70. The van der Waals surface area contributed by atoms with Crippen LogP contribution in [0.1, 0.15) is 56.9 Å². The van der Waals surface area contributed by atoms with Crippen molar-refractivity contribution in [2.45, 2.75) is 52.5 Å². The normalized spacial score (nSPS) is 17.5. The van der Waals surface area contributed by atoms with Gasteiger partial charge in [-0.2, -0.15) is 5.10 Å². The molecule has 7 heteroatoms. The Kier molecular flexibility index (Phi) is 5.82. The van der Waals surface area contributed by atoms with Crippen LogP contribution in [0.15, 0.2) is 29.1 Å². The first-order valence-electron chi connectivity index (χ1n) is 9.91. The molecule has 2 heterocycles. The predicted octanol–water partition coefficient (Wildman–Crippen LogP) is 2.47. The van der Waals surface area contributed by atoms with Crippen LogP contribution in [0.5, 0.6) is 0 Å². The largest absolute Gasteiger partial charge is 0.351 e. The van der Waals surface area contributed by atoms with Crippen molar-refractivity contribution in [2.24, 2.45) is 5.41 Å². The number of piperidine rings is 1. The van der Waals surface area contributed by atoms with E-state index in [9.17, 15) is 14.4 Å². The number of carbonyl (C=O) groups is 2. The Labute approximate surface area is 164 Å². The third-order valence-corrected chi connectivity index (χ3v) is 5.43. The zero-order valence-electron chi connectivity index (χ0n) is 16.7. The minimum atomic E-state index is -0.419. The first-order valence-corrected chi connectivity index (χ1v) is 9.91. The van der Waals surface area contributed by atoms with E-state index in [-0.39, 0.29) is 29.1 Å². The molecule has 1 aromatic heterocycles. The summed E-state index contributed by atoms with van der Waals surface area (Å²) in [5, 5.41) is 10.5. The van der Waals surface area contributed by atoms with Crippen molar-refractivity contribution in [3.8, 4) is 0 Å². The zero-order valence-corrected chi connectivity index (χ0v) is 16.7. The molecule has 0 aliphatic carbocycles. The molecule has 1 saturated heterocycles. The lowest BCUT2D eigenvalue weighted by molar-refractivity contribution is -0.130. The van der Waals surface area contributed by atoms with Crippen molar-refractivity contribution in [2.75, 3.05) is 13.1 Å². The van der Waals surface area contributed by atoms with E-state index in [2.05, 4.69) is 22.4 Å². The number of aromatic nitrogens is 2. The van der Waals surface area contributed by atoms with Gasteiger partial charge in [-0.25, -0.2) is 5.10 Å². The molecular weight excluding hydrogens is 356 g/mol. The molecule has 1 aromatic carbocycles. The highest BCUT2D eigenvalue weighted by molar-refractivity contribution is 6.04. The summed E-state index contributed by atoms with van der Waals surface area (Å²) >= 11 is 0. The van der Waals surface area contributed by atoms with Gasteiger partial charge < -0.3 is 10.2 Å². The highest BCUT2D eigenvalue weighted by Crippen LogP contribution is 2.24. The molecule has 2 amide bonds. The van der Waals surface area contributed by atoms with Gasteiger partial charge in [0.25, 0.3) is 11.5 Å². The molecule has 1 aliphatic heterocycles. The van der Waals surface area contributed by atoms with Crippen molar-refractivity contribution < 1.29 is 9.59 Å². The van der Waals surface area contributed by atoms with Crippen LogP contribution in [-0.2, 0) is 4.79 Å². The zero-order chi connectivity index (χ0) is 20.3. The highest BCUT2D eigenvalue weighted by atomic mass is 16.2. The molecule has 1 fully saturated rings. The SMILES string of the molecule is CCCC(C)(C)C(=O)N[C@H]1CCCN(C(=O)c2n[nH]c(=O)c3ccccc23)C1. The first-order chi connectivity index (χ1) is 13.3. The maximum Gasteiger partial charge on any atom is 0.275 e. The molecule has 0 unspecified atom stereocenters. The number of likely N-dealkylation sites (tertiary alicyclic amines) is 1. The molecule has 2 aromatic rings. The average Bonchev–Trinajstić information content (AvgIpc) is 2.68. The van der Waals surface area contributed by atoms with E-state index in [1.165, 1.54) is 0 Å². The fourth-order valence-electron chi connectivity index (χ4n) is 3.83.